The first-order valence-electron chi connectivity index (χ1n) is 9.63. The lowest BCUT2D eigenvalue weighted by atomic mass is 10.2. The van der Waals surface area contributed by atoms with Crippen molar-refractivity contribution in [1.82, 2.24) is 29.9 Å². The Balaban J connectivity index is 1.82. The molecule has 1 N–H and O–H groups in total. The number of halogens is 6. The van der Waals surface area contributed by atoms with Gasteiger partial charge in [0.15, 0.2) is 11.6 Å². The van der Waals surface area contributed by atoms with Crippen LogP contribution in [0.1, 0.15) is 11.4 Å². The molecule has 0 unspecified atom stereocenters. The van der Waals surface area contributed by atoms with E-state index in [0.29, 0.717) is 11.3 Å². The minimum Gasteiger partial charge on any atom is -0.495 e. The molecule has 0 spiro atoms. The SMILES string of the molecule is COc1cncc(-c2nc(Nc3ccnc(C(F)(F)F)c3)nc(-c3cccc(C(F)(F)F)n3)n2)c1. The van der Waals surface area contributed by atoms with Crippen LogP contribution in [0.4, 0.5) is 38.0 Å². The number of methoxy groups -OCH3 is 1. The number of pyridine rings is 3. The summed E-state index contributed by atoms with van der Waals surface area (Å²) in [7, 11) is 1.40. The zero-order valence-corrected chi connectivity index (χ0v) is 17.6. The molecule has 0 aliphatic carbocycles. The lowest BCUT2D eigenvalue weighted by Gasteiger charge is -2.12. The van der Waals surface area contributed by atoms with Gasteiger partial charge in [-0.05, 0) is 30.3 Å². The van der Waals surface area contributed by atoms with Crippen molar-refractivity contribution in [1.29, 1.82) is 0 Å². The predicted molar refractivity (Wildman–Crippen MR) is 110 cm³/mol. The van der Waals surface area contributed by atoms with Crippen molar-refractivity contribution in [2.75, 3.05) is 12.4 Å². The first-order valence-corrected chi connectivity index (χ1v) is 9.63. The van der Waals surface area contributed by atoms with Crippen LogP contribution in [0, 0.1) is 0 Å². The van der Waals surface area contributed by atoms with Gasteiger partial charge >= 0.3 is 12.4 Å². The van der Waals surface area contributed by atoms with E-state index in [1.807, 2.05) is 0 Å². The number of aromatic nitrogens is 6. The zero-order valence-electron chi connectivity index (χ0n) is 17.6. The van der Waals surface area contributed by atoms with E-state index in [2.05, 4.69) is 35.2 Å². The van der Waals surface area contributed by atoms with Gasteiger partial charge in [-0.3, -0.25) is 9.97 Å². The average molecular weight is 493 g/mol. The molecular formula is C21H13F6N7O. The van der Waals surface area contributed by atoms with Crippen molar-refractivity contribution in [2.45, 2.75) is 12.4 Å². The Morgan fingerprint density at radius 3 is 2.26 bits per heavy atom. The van der Waals surface area contributed by atoms with Crippen LogP contribution in [0.3, 0.4) is 0 Å². The summed E-state index contributed by atoms with van der Waals surface area (Å²) >= 11 is 0. The van der Waals surface area contributed by atoms with Gasteiger partial charge in [0, 0.05) is 23.6 Å². The van der Waals surface area contributed by atoms with E-state index in [4.69, 9.17) is 4.74 Å². The normalized spacial score (nSPS) is 11.9. The molecular weight excluding hydrogens is 480 g/mol. The summed E-state index contributed by atoms with van der Waals surface area (Å²) < 4.78 is 83.7. The van der Waals surface area contributed by atoms with Crippen LogP contribution >= 0.6 is 0 Å². The van der Waals surface area contributed by atoms with Crippen LogP contribution in [0.15, 0.2) is 55.0 Å². The van der Waals surface area contributed by atoms with Gasteiger partial charge in [0.1, 0.15) is 22.8 Å². The van der Waals surface area contributed by atoms with Crippen LogP contribution in [0.5, 0.6) is 5.75 Å². The highest BCUT2D eigenvalue weighted by molar-refractivity contribution is 5.64. The van der Waals surface area contributed by atoms with E-state index in [9.17, 15) is 26.3 Å². The number of hydrogen-bond donors (Lipinski definition) is 1. The summed E-state index contributed by atoms with van der Waals surface area (Å²) in [4.78, 5) is 23.3. The van der Waals surface area contributed by atoms with Crippen LogP contribution in [-0.4, -0.2) is 37.0 Å². The van der Waals surface area contributed by atoms with E-state index in [-0.39, 0.29) is 29.0 Å². The van der Waals surface area contributed by atoms with Crippen LogP contribution in [0.25, 0.3) is 22.9 Å². The molecule has 0 fully saturated rings. The smallest absolute Gasteiger partial charge is 0.433 e. The summed E-state index contributed by atoms with van der Waals surface area (Å²) in [5.41, 5.74) is -2.30. The van der Waals surface area contributed by atoms with Crippen LogP contribution in [0.2, 0.25) is 0 Å². The highest BCUT2D eigenvalue weighted by atomic mass is 19.4. The maximum atomic E-state index is 13.2. The fraction of sp³-hybridized carbons (Fsp3) is 0.143. The van der Waals surface area contributed by atoms with Crippen LogP contribution < -0.4 is 10.1 Å². The van der Waals surface area contributed by atoms with Crippen LogP contribution in [-0.2, 0) is 12.4 Å². The maximum absolute atomic E-state index is 13.2. The van der Waals surface area contributed by atoms with Crippen molar-refractivity contribution in [3.05, 3.63) is 66.4 Å². The first-order chi connectivity index (χ1) is 16.5. The minimum atomic E-state index is -4.71. The molecule has 0 bridgehead atoms. The number of nitrogens with zero attached hydrogens (tertiary/aromatic N) is 6. The Labute approximate surface area is 193 Å². The molecule has 0 amide bonds. The topological polar surface area (TPSA) is 98.6 Å². The largest absolute Gasteiger partial charge is 0.495 e. The van der Waals surface area contributed by atoms with Crippen molar-refractivity contribution in [2.24, 2.45) is 0 Å². The molecule has 180 valence electrons. The second kappa shape index (κ2) is 9.12. The lowest BCUT2D eigenvalue weighted by molar-refractivity contribution is -0.141. The summed E-state index contributed by atoms with van der Waals surface area (Å²) in [5, 5.41) is 2.61. The first kappa shape index (κ1) is 23.8. The molecule has 0 saturated carbocycles. The van der Waals surface area contributed by atoms with Crippen molar-refractivity contribution in [3.8, 4) is 28.7 Å². The number of ether oxygens (including phenoxy) is 1. The van der Waals surface area contributed by atoms with E-state index in [0.717, 1.165) is 24.4 Å². The summed E-state index contributed by atoms with van der Waals surface area (Å²) in [6.45, 7) is 0. The van der Waals surface area contributed by atoms with Gasteiger partial charge < -0.3 is 10.1 Å². The Bertz CT molecular complexity index is 1360. The van der Waals surface area contributed by atoms with Crippen molar-refractivity contribution < 1.29 is 31.1 Å². The van der Waals surface area contributed by atoms with Gasteiger partial charge in [-0.15, -0.1) is 0 Å². The minimum absolute atomic E-state index is 0.0341. The van der Waals surface area contributed by atoms with E-state index in [1.165, 1.54) is 37.7 Å². The quantitative estimate of drug-likeness (QED) is 0.380. The number of hydrogen-bond acceptors (Lipinski definition) is 8. The standard InChI is InChI=1S/C21H13F6N7O/c1-35-13-7-11(9-28-10-13)17-32-18(14-3-2-4-15(31-14)20(22,23)24)34-19(33-17)30-12-5-6-29-16(8-12)21(25,26)27/h2-10H,1H3,(H,29,30,32,33,34). The Hall–Kier alpha value is -4.36. The molecule has 4 aromatic heterocycles. The molecule has 14 heteroatoms. The predicted octanol–water partition coefficient (Wildman–Crippen LogP) is 5.18. The summed E-state index contributed by atoms with van der Waals surface area (Å²) in [6.07, 6.45) is -5.68. The van der Waals surface area contributed by atoms with E-state index < -0.39 is 23.7 Å². The van der Waals surface area contributed by atoms with Gasteiger partial charge in [0.2, 0.25) is 5.95 Å². The Kier molecular flexibility index (Phi) is 6.20. The third-order valence-electron chi connectivity index (χ3n) is 4.42. The molecule has 0 aliphatic heterocycles. The molecule has 0 aliphatic rings. The van der Waals surface area contributed by atoms with Crippen molar-refractivity contribution >= 4 is 11.6 Å². The average Bonchev–Trinajstić information content (AvgIpc) is 2.83. The van der Waals surface area contributed by atoms with Gasteiger partial charge in [-0.1, -0.05) is 6.07 Å². The number of nitrogens with one attached hydrogen (secondary N) is 1. The fourth-order valence-corrected chi connectivity index (χ4v) is 2.84. The molecule has 0 aromatic carbocycles. The van der Waals surface area contributed by atoms with Gasteiger partial charge in [-0.25, -0.2) is 9.97 Å². The highest BCUT2D eigenvalue weighted by Gasteiger charge is 2.33. The second-order valence-electron chi connectivity index (χ2n) is 6.88. The molecule has 0 atom stereocenters. The molecule has 35 heavy (non-hydrogen) atoms. The molecule has 8 nitrogen and oxygen atoms in total. The summed E-state index contributed by atoms with van der Waals surface area (Å²) in [6, 6.07) is 6.67. The number of rotatable bonds is 5. The van der Waals surface area contributed by atoms with Gasteiger partial charge in [-0.2, -0.15) is 36.3 Å². The molecule has 0 saturated heterocycles. The second-order valence-corrected chi connectivity index (χ2v) is 6.88. The molecule has 4 heterocycles. The van der Waals surface area contributed by atoms with Gasteiger partial charge in [0.05, 0.1) is 13.3 Å². The molecule has 4 aromatic rings. The zero-order chi connectivity index (χ0) is 25.2. The third kappa shape index (κ3) is 5.59. The van der Waals surface area contributed by atoms with Crippen molar-refractivity contribution in [3.63, 3.8) is 0 Å². The number of anilines is 2. The Morgan fingerprint density at radius 2 is 1.54 bits per heavy atom. The summed E-state index contributed by atoms with van der Waals surface area (Å²) in [5.74, 6) is -0.184. The molecule has 4 rings (SSSR count). The monoisotopic (exact) mass is 493 g/mol. The fourth-order valence-electron chi connectivity index (χ4n) is 2.84. The highest BCUT2D eigenvalue weighted by Crippen LogP contribution is 2.31. The molecule has 0 radical (unpaired) electrons. The Morgan fingerprint density at radius 1 is 0.800 bits per heavy atom. The van der Waals surface area contributed by atoms with E-state index >= 15 is 0 Å². The maximum Gasteiger partial charge on any atom is 0.433 e. The van der Waals surface area contributed by atoms with E-state index in [1.54, 1.807) is 0 Å². The lowest BCUT2D eigenvalue weighted by Crippen LogP contribution is -2.10. The number of alkyl halides is 6. The van der Waals surface area contributed by atoms with Gasteiger partial charge in [0.25, 0.3) is 0 Å². The third-order valence-corrected chi connectivity index (χ3v) is 4.42.